The molecule has 0 saturated carbocycles. The zero-order valence-corrected chi connectivity index (χ0v) is 22.1. The molecule has 0 aliphatic heterocycles. The Labute approximate surface area is 209 Å². The van der Waals surface area contributed by atoms with Crippen LogP contribution in [-0.4, -0.2) is 36.9 Å². The first kappa shape index (κ1) is 28.2. The fourth-order valence-corrected chi connectivity index (χ4v) is 3.87. The molecule has 2 aromatic rings. The molecule has 0 saturated heterocycles. The first-order valence-electron chi connectivity index (χ1n) is 12.3. The van der Waals surface area contributed by atoms with Crippen LogP contribution in [0.2, 0.25) is 0 Å². The van der Waals surface area contributed by atoms with E-state index < -0.39 is 29.6 Å². The van der Waals surface area contributed by atoms with Gasteiger partial charge in [0.2, 0.25) is 0 Å². The third kappa shape index (κ3) is 9.63. The van der Waals surface area contributed by atoms with Crippen molar-refractivity contribution in [2.45, 2.75) is 78.6 Å². The first-order valence-corrected chi connectivity index (χ1v) is 12.3. The lowest BCUT2D eigenvalue weighted by Gasteiger charge is -2.32. The lowest BCUT2D eigenvalue weighted by molar-refractivity contribution is -0.166. The highest BCUT2D eigenvalue weighted by Gasteiger charge is 2.32. The van der Waals surface area contributed by atoms with Crippen LogP contribution in [0.25, 0.3) is 0 Å². The molecule has 6 nitrogen and oxygen atoms in total. The van der Waals surface area contributed by atoms with Crippen LogP contribution in [0.5, 0.6) is 11.5 Å². The standard InChI is InChI=1S/C29H40O6/c1-8-23(19-22-14-16-24(32-7)17-15-22)27(34-25-12-10-9-11-13-25)21(3)33-28(31)20(2)18-26(30)35-29(4,5)6/h9-17,20-21,23,27H,8,18-19H2,1-7H3/t20-,21+,23-,27+/m1/s1. The minimum Gasteiger partial charge on any atom is -0.497 e. The highest BCUT2D eigenvalue weighted by atomic mass is 16.6. The van der Waals surface area contributed by atoms with E-state index in [-0.39, 0.29) is 18.4 Å². The van der Waals surface area contributed by atoms with Crippen LogP contribution >= 0.6 is 0 Å². The van der Waals surface area contributed by atoms with Crippen LogP contribution in [0.4, 0.5) is 0 Å². The van der Waals surface area contributed by atoms with Crippen LogP contribution in [-0.2, 0) is 25.5 Å². The van der Waals surface area contributed by atoms with Crippen molar-refractivity contribution in [2.24, 2.45) is 11.8 Å². The average molecular weight is 485 g/mol. The van der Waals surface area contributed by atoms with E-state index in [1.54, 1.807) is 34.8 Å². The minimum atomic E-state index is -0.619. The highest BCUT2D eigenvalue weighted by molar-refractivity contribution is 5.79. The zero-order valence-electron chi connectivity index (χ0n) is 22.1. The molecule has 0 aliphatic carbocycles. The molecule has 0 N–H and O–H groups in total. The normalized spacial score (nSPS) is 14.8. The van der Waals surface area contributed by atoms with E-state index in [0.29, 0.717) is 0 Å². The third-order valence-corrected chi connectivity index (χ3v) is 5.72. The van der Waals surface area contributed by atoms with Gasteiger partial charge >= 0.3 is 11.9 Å². The van der Waals surface area contributed by atoms with E-state index in [1.165, 1.54) is 0 Å². The Bertz CT molecular complexity index is 916. The number of methoxy groups -OCH3 is 1. The largest absolute Gasteiger partial charge is 0.497 e. The predicted octanol–water partition coefficient (Wildman–Crippen LogP) is 6.01. The molecule has 0 radical (unpaired) electrons. The van der Waals surface area contributed by atoms with Crippen LogP contribution in [0.15, 0.2) is 54.6 Å². The number of carbonyl (C=O) groups excluding carboxylic acids is 2. The Morgan fingerprint density at radius 1 is 0.914 bits per heavy atom. The molecule has 2 rings (SSSR count). The van der Waals surface area contributed by atoms with E-state index in [4.69, 9.17) is 18.9 Å². The Morgan fingerprint density at radius 2 is 1.54 bits per heavy atom. The molecule has 4 atom stereocenters. The van der Waals surface area contributed by atoms with Gasteiger partial charge < -0.3 is 18.9 Å². The second kappa shape index (κ2) is 13.2. The molecule has 35 heavy (non-hydrogen) atoms. The zero-order chi connectivity index (χ0) is 26.0. The Morgan fingerprint density at radius 3 is 2.09 bits per heavy atom. The molecule has 6 heteroatoms. The molecule has 0 amide bonds. The number of ether oxygens (including phenoxy) is 4. The predicted molar refractivity (Wildman–Crippen MR) is 137 cm³/mol. The molecule has 0 unspecified atom stereocenters. The van der Waals surface area contributed by atoms with Crippen LogP contribution in [0.3, 0.4) is 0 Å². The second-order valence-corrected chi connectivity index (χ2v) is 9.95. The fraction of sp³-hybridized carbons (Fsp3) is 0.517. The van der Waals surface area contributed by atoms with Crippen molar-refractivity contribution in [3.05, 3.63) is 60.2 Å². The summed E-state index contributed by atoms with van der Waals surface area (Å²) in [5, 5.41) is 0. The van der Waals surface area contributed by atoms with Crippen molar-refractivity contribution in [1.29, 1.82) is 0 Å². The van der Waals surface area contributed by atoms with E-state index in [0.717, 1.165) is 29.9 Å². The number of benzene rings is 2. The summed E-state index contributed by atoms with van der Waals surface area (Å²) in [6.07, 6.45) is 0.664. The maximum atomic E-state index is 12.9. The van der Waals surface area contributed by atoms with Crippen molar-refractivity contribution >= 4 is 11.9 Å². The number of esters is 2. The molecule has 0 fully saturated rings. The number of carbonyl (C=O) groups is 2. The number of para-hydroxylation sites is 1. The van der Waals surface area contributed by atoms with Crippen molar-refractivity contribution in [1.82, 2.24) is 0 Å². The second-order valence-electron chi connectivity index (χ2n) is 9.95. The minimum absolute atomic E-state index is 0.0317. The van der Waals surface area contributed by atoms with Crippen LogP contribution in [0, 0.1) is 11.8 Å². The van der Waals surface area contributed by atoms with E-state index in [9.17, 15) is 9.59 Å². The van der Waals surface area contributed by atoms with Crippen LogP contribution < -0.4 is 9.47 Å². The topological polar surface area (TPSA) is 71.1 Å². The molecule has 192 valence electrons. The lowest BCUT2D eigenvalue weighted by atomic mass is 9.89. The van der Waals surface area contributed by atoms with Gasteiger partial charge in [0.15, 0.2) is 0 Å². The Balaban J connectivity index is 2.15. The van der Waals surface area contributed by atoms with Crippen LogP contribution in [0.1, 0.15) is 59.9 Å². The van der Waals surface area contributed by atoms with E-state index in [2.05, 4.69) is 6.92 Å². The van der Waals surface area contributed by atoms with Gasteiger partial charge in [0.05, 0.1) is 19.4 Å². The Kier molecular flexibility index (Phi) is 10.6. The third-order valence-electron chi connectivity index (χ3n) is 5.72. The summed E-state index contributed by atoms with van der Waals surface area (Å²) < 4.78 is 22.8. The summed E-state index contributed by atoms with van der Waals surface area (Å²) in [7, 11) is 1.65. The maximum absolute atomic E-state index is 12.9. The van der Waals surface area contributed by atoms with Gasteiger partial charge in [-0.3, -0.25) is 9.59 Å². The number of rotatable bonds is 12. The molecule has 0 aromatic heterocycles. The first-order chi connectivity index (χ1) is 16.5. The van der Waals surface area contributed by atoms with Crippen molar-refractivity contribution in [3.8, 4) is 11.5 Å². The van der Waals surface area contributed by atoms with E-state index in [1.807, 2.05) is 61.5 Å². The molecule has 0 bridgehead atoms. The molecule has 0 aliphatic rings. The lowest BCUT2D eigenvalue weighted by Crippen LogP contribution is -2.41. The monoisotopic (exact) mass is 484 g/mol. The van der Waals surface area contributed by atoms with Gasteiger partial charge in [0, 0.05) is 5.92 Å². The number of hydrogen-bond donors (Lipinski definition) is 0. The van der Waals surface area contributed by atoms with Crippen molar-refractivity contribution in [2.75, 3.05) is 7.11 Å². The van der Waals surface area contributed by atoms with Crippen molar-refractivity contribution < 1.29 is 28.5 Å². The fourth-order valence-electron chi connectivity index (χ4n) is 3.87. The summed E-state index contributed by atoms with van der Waals surface area (Å²) in [4.78, 5) is 25.0. The summed E-state index contributed by atoms with van der Waals surface area (Å²) in [6, 6.07) is 17.5. The van der Waals surface area contributed by atoms with Gasteiger partial charge in [-0.2, -0.15) is 0 Å². The summed E-state index contributed by atoms with van der Waals surface area (Å²) in [5.41, 5.74) is 0.550. The van der Waals surface area contributed by atoms with E-state index >= 15 is 0 Å². The molecule has 0 heterocycles. The Hall–Kier alpha value is -3.02. The maximum Gasteiger partial charge on any atom is 0.309 e. The van der Waals surface area contributed by atoms with Gasteiger partial charge in [-0.25, -0.2) is 0 Å². The molecule has 2 aromatic carbocycles. The summed E-state index contributed by atoms with van der Waals surface area (Å²) in [5.74, 6) is 0.136. The quantitative estimate of drug-likeness (QED) is 0.344. The smallest absolute Gasteiger partial charge is 0.309 e. The summed E-state index contributed by atoms with van der Waals surface area (Å²) in [6.45, 7) is 11.0. The van der Waals surface area contributed by atoms with Gasteiger partial charge in [-0.15, -0.1) is 0 Å². The van der Waals surface area contributed by atoms with Crippen molar-refractivity contribution in [3.63, 3.8) is 0 Å². The molecular formula is C29H40O6. The highest BCUT2D eigenvalue weighted by Crippen LogP contribution is 2.27. The van der Waals surface area contributed by atoms with Gasteiger partial charge in [-0.05, 0) is 70.4 Å². The average Bonchev–Trinajstić information content (AvgIpc) is 2.80. The molecular weight excluding hydrogens is 444 g/mol. The summed E-state index contributed by atoms with van der Waals surface area (Å²) >= 11 is 0. The van der Waals surface area contributed by atoms with Gasteiger partial charge in [-0.1, -0.05) is 44.2 Å². The van der Waals surface area contributed by atoms with Gasteiger partial charge in [0.25, 0.3) is 0 Å². The van der Waals surface area contributed by atoms with Gasteiger partial charge in [0.1, 0.15) is 29.3 Å². The SMILES string of the molecule is CC[C@H](Cc1ccc(OC)cc1)[C@@H](Oc1ccccc1)[C@H](C)OC(=O)[C@H](C)CC(=O)OC(C)(C)C. The molecule has 0 spiro atoms. The number of hydrogen-bond acceptors (Lipinski definition) is 6.